The van der Waals surface area contributed by atoms with E-state index in [0.717, 1.165) is 0 Å². The maximum absolute atomic E-state index is 9.03. The average molecular weight is 108 g/mol. The number of fused-ring (bicyclic) bond motifs is 1. The van der Waals surface area contributed by atoms with Gasteiger partial charge in [-0.1, -0.05) is 12.2 Å². The maximum atomic E-state index is 9.03. The summed E-state index contributed by atoms with van der Waals surface area (Å²) in [5.41, 5.74) is 0. The number of rotatable bonds is 0. The molecule has 2 unspecified atom stereocenters. The van der Waals surface area contributed by atoms with Crippen molar-refractivity contribution in [3.63, 3.8) is 0 Å². The summed E-state index contributed by atoms with van der Waals surface area (Å²) >= 11 is 0. The molecule has 0 aliphatic heterocycles. The summed E-state index contributed by atoms with van der Waals surface area (Å²) in [4.78, 5) is 0. The standard InChI is InChI=1S/C7H8O/c8-7-3-1-2-5-4-6(5)7/h1-3,5-6,8H,4H2. The van der Waals surface area contributed by atoms with E-state index in [9.17, 15) is 0 Å². The monoisotopic (exact) mass is 108 g/mol. The van der Waals surface area contributed by atoms with Crippen LogP contribution in [-0.2, 0) is 0 Å². The molecule has 0 amide bonds. The second-order valence-corrected chi connectivity index (χ2v) is 2.48. The second kappa shape index (κ2) is 1.16. The lowest BCUT2D eigenvalue weighted by atomic mass is 10.2. The van der Waals surface area contributed by atoms with Gasteiger partial charge in [0.2, 0.25) is 0 Å². The van der Waals surface area contributed by atoms with Crippen LogP contribution in [0.3, 0.4) is 0 Å². The first-order valence-electron chi connectivity index (χ1n) is 2.95. The van der Waals surface area contributed by atoms with Crippen LogP contribution in [0.25, 0.3) is 0 Å². The summed E-state index contributed by atoms with van der Waals surface area (Å²) < 4.78 is 0. The third kappa shape index (κ3) is 0.414. The van der Waals surface area contributed by atoms with Crippen molar-refractivity contribution in [2.24, 2.45) is 11.8 Å². The van der Waals surface area contributed by atoms with Gasteiger partial charge in [0.25, 0.3) is 0 Å². The molecule has 1 heteroatoms. The number of hydrogen-bond donors (Lipinski definition) is 1. The van der Waals surface area contributed by atoms with E-state index in [1.165, 1.54) is 6.42 Å². The second-order valence-electron chi connectivity index (χ2n) is 2.48. The van der Waals surface area contributed by atoms with Crippen molar-refractivity contribution in [3.05, 3.63) is 24.0 Å². The molecule has 2 aliphatic carbocycles. The molecule has 1 saturated carbocycles. The van der Waals surface area contributed by atoms with E-state index in [1.807, 2.05) is 6.08 Å². The summed E-state index contributed by atoms with van der Waals surface area (Å²) in [5, 5.41) is 9.03. The van der Waals surface area contributed by atoms with Gasteiger partial charge in [-0.2, -0.15) is 0 Å². The fourth-order valence-corrected chi connectivity index (χ4v) is 1.19. The van der Waals surface area contributed by atoms with Gasteiger partial charge in [-0.25, -0.2) is 0 Å². The van der Waals surface area contributed by atoms with Crippen molar-refractivity contribution < 1.29 is 5.11 Å². The number of allylic oxidation sites excluding steroid dienone is 4. The molecule has 0 aromatic heterocycles. The Morgan fingerprint density at radius 2 is 2.50 bits per heavy atom. The van der Waals surface area contributed by atoms with E-state index < -0.39 is 0 Å². The van der Waals surface area contributed by atoms with Crippen LogP contribution in [0.1, 0.15) is 6.42 Å². The molecular formula is C7H8O. The van der Waals surface area contributed by atoms with Crippen molar-refractivity contribution in [1.29, 1.82) is 0 Å². The van der Waals surface area contributed by atoms with Gasteiger partial charge < -0.3 is 5.11 Å². The minimum atomic E-state index is 0.500. The highest BCUT2D eigenvalue weighted by Crippen LogP contribution is 2.45. The Kier molecular flexibility index (Phi) is 0.608. The predicted molar refractivity (Wildman–Crippen MR) is 31.4 cm³/mol. The number of aliphatic hydroxyl groups is 1. The summed E-state index contributed by atoms with van der Waals surface area (Å²) in [6.07, 6.45) is 7.04. The zero-order chi connectivity index (χ0) is 5.56. The van der Waals surface area contributed by atoms with Gasteiger partial charge in [0.15, 0.2) is 0 Å². The van der Waals surface area contributed by atoms with Crippen LogP contribution in [0.5, 0.6) is 0 Å². The van der Waals surface area contributed by atoms with Gasteiger partial charge in [-0.3, -0.25) is 0 Å². The molecule has 1 fully saturated rings. The summed E-state index contributed by atoms with van der Waals surface area (Å²) in [5.74, 6) is 1.76. The third-order valence-electron chi connectivity index (χ3n) is 1.84. The van der Waals surface area contributed by atoms with Crippen molar-refractivity contribution in [2.45, 2.75) is 6.42 Å². The van der Waals surface area contributed by atoms with E-state index in [2.05, 4.69) is 6.08 Å². The molecule has 0 aromatic carbocycles. The molecule has 0 spiro atoms. The molecule has 0 aromatic rings. The van der Waals surface area contributed by atoms with Crippen LogP contribution < -0.4 is 0 Å². The van der Waals surface area contributed by atoms with E-state index in [0.29, 0.717) is 17.6 Å². The first kappa shape index (κ1) is 4.19. The fraction of sp³-hybridized carbons (Fsp3) is 0.429. The molecule has 42 valence electrons. The molecule has 8 heavy (non-hydrogen) atoms. The zero-order valence-corrected chi connectivity index (χ0v) is 4.54. The lowest BCUT2D eigenvalue weighted by Crippen LogP contribution is -1.88. The Hall–Kier alpha value is -0.720. The highest BCUT2D eigenvalue weighted by Gasteiger charge is 2.39. The van der Waals surface area contributed by atoms with E-state index in [4.69, 9.17) is 5.11 Å². The van der Waals surface area contributed by atoms with Crippen LogP contribution in [-0.4, -0.2) is 5.11 Å². The highest BCUT2D eigenvalue weighted by molar-refractivity contribution is 5.25. The average Bonchev–Trinajstić information content (AvgIpc) is 2.45. The van der Waals surface area contributed by atoms with E-state index >= 15 is 0 Å². The Balaban J connectivity index is 2.30. The van der Waals surface area contributed by atoms with E-state index in [1.54, 1.807) is 6.08 Å². The first-order valence-corrected chi connectivity index (χ1v) is 2.95. The quantitative estimate of drug-likeness (QED) is 0.500. The zero-order valence-electron chi connectivity index (χ0n) is 4.54. The molecule has 0 heterocycles. The van der Waals surface area contributed by atoms with Crippen molar-refractivity contribution in [2.75, 3.05) is 0 Å². The molecular weight excluding hydrogens is 100 g/mol. The van der Waals surface area contributed by atoms with Crippen LogP contribution in [0, 0.1) is 11.8 Å². The molecule has 2 rings (SSSR count). The lowest BCUT2D eigenvalue weighted by Gasteiger charge is -1.97. The molecule has 0 saturated heterocycles. The van der Waals surface area contributed by atoms with Crippen LogP contribution in [0.4, 0.5) is 0 Å². The third-order valence-corrected chi connectivity index (χ3v) is 1.84. The smallest absolute Gasteiger partial charge is 0.0959 e. The summed E-state index contributed by atoms with van der Waals surface area (Å²) in [7, 11) is 0. The van der Waals surface area contributed by atoms with Crippen LogP contribution >= 0.6 is 0 Å². The molecule has 2 atom stereocenters. The highest BCUT2D eigenvalue weighted by atomic mass is 16.3. The summed E-state index contributed by atoms with van der Waals surface area (Å²) in [6.45, 7) is 0. The predicted octanol–water partition coefficient (Wildman–Crippen LogP) is 1.63. The fourth-order valence-electron chi connectivity index (χ4n) is 1.19. The van der Waals surface area contributed by atoms with E-state index in [-0.39, 0.29) is 0 Å². The van der Waals surface area contributed by atoms with Crippen LogP contribution in [0.2, 0.25) is 0 Å². The van der Waals surface area contributed by atoms with Gasteiger partial charge in [0.05, 0.1) is 5.76 Å². The van der Waals surface area contributed by atoms with Crippen molar-refractivity contribution in [3.8, 4) is 0 Å². The van der Waals surface area contributed by atoms with Gasteiger partial charge in [-0.05, 0) is 18.4 Å². The van der Waals surface area contributed by atoms with Gasteiger partial charge in [-0.15, -0.1) is 0 Å². The van der Waals surface area contributed by atoms with Gasteiger partial charge in [0.1, 0.15) is 0 Å². The molecule has 1 N–H and O–H groups in total. The topological polar surface area (TPSA) is 20.2 Å². The van der Waals surface area contributed by atoms with Crippen molar-refractivity contribution in [1.82, 2.24) is 0 Å². The molecule has 0 bridgehead atoms. The SMILES string of the molecule is OC1=CC=CC2CC12. The van der Waals surface area contributed by atoms with Gasteiger partial charge >= 0.3 is 0 Å². The Bertz CT molecular complexity index is 167. The minimum absolute atomic E-state index is 0.500. The first-order chi connectivity index (χ1) is 3.88. The lowest BCUT2D eigenvalue weighted by molar-refractivity contribution is 0.373. The summed E-state index contributed by atoms with van der Waals surface area (Å²) in [6, 6.07) is 0. The Morgan fingerprint density at radius 1 is 1.62 bits per heavy atom. The molecule has 2 aliphatic rings. The van der Waals surface area contributed by atoms with Crippen LogP contribution in [0.15, 0.2) is 24.0 Å². The maximum Gasteiger partial charge on any atom is 0.0959 e. The largest absolute Gasteiger partial charge is 0.512 e. The van der Waals surface area contributed by atoms with Gasteiger partial charge in [0, 0.05) is 5.92 Å². The molecule has 0 radical (unpaired) electrons. The number of hydrogen-bond acceptors (Lipinski definition) is 1. The molecule has 1 nitrogen and oxygen atoms in total. The Labute approximate surface area is 48.3 Å². The normalized spacial score (nSPS) is 40.8. The minimum Gasteiger partial charge on any atom is -0.512 e. The Morgan fingerprint density at radius 3 is 3.12 bits per heavy atom. The number of aliphatic hydroxyl groups excluding tert-OH is 1. The van der Waals surface area contributed by atoms with Crippen molar-refractivity contribution >= 4 is 0 Å².